The fourth-order valence-electron chi connectivity index (χ4n) is 1.60. The predicted molar refractivity (Wildman–Crippen MR) is 60.7 cm³/mol. The highest BCUT2D eigenvalue weighted by atomic mass is 35.5. The molecule has 0 aliphatic rings. The molecule has 1 aromatic heterocycles. The van der Waals surface area contributed by atoms with E-state index in [2.05, 4.69) is 0 Å². The molecule has 3 heteroatoms. The van der Waals surface area contributed by atoms with Crippen molar-refractivity contribution in [3.05, 3.63) is 34.5 Å². The molecule has 0 fully saturated rings. The van der Waals surface area contributed by atoms with Crippen LogP contribution in [-0.4, -0.2) is 0 Å². The smallest absolute Gasteiger partial charge is 0.131 e. The first-order valence-corrected chi connectivity index (χ1v) is 5.92. The van der Waals surface area contributed by atoms with Crippen molar-refractivity contribution in [2.24, 2.45) is 0 Å². The first kappa shape index (κ1) is 9.94. The van der Waals surface area contributed by atoms with Crippen LogP contribution in [0, 0.1) is 5.82 Å². The summed E-state index contributed by atoms with van der Waals surface area (Å²) in [5.41, 5.74) is 1.40. The van der Waals surface area contributed by atoms with Crippen molar-refractivity contribution < 1.29 is 4.39 Å². The van der Waals surface area contributed by atoms with Crippen molar-refractivity contribution in [3.8, 4) is 0 Å². The van der Waals surface area contributed by atoms with E-state index in [0.717, 1.165) is 15.6 Å². The van der Waals surface area contributed by atoms with E-state index in [-0.39, 0.29) is 11.7 Å². The summed E-state index contributed by atoms with van der Waals surface area (Å²) in [6.07, 6.45) is 0.712. The summed E-state index contributed by atoms with van der Waals surface area (Å²) in [5.74, 6) is 0.112. The van der Waals surface area contributed by atoms with Gasteiger partial charge in [0.15, 0.2) is 0 Å². The standard InChI is InChI=1S/C11H10ClFS/c1-2-7-5-10-8(3-4-14-10)9(6-12)11(7)13/h3-5H,2,6H2,1H3. The Kier molecular flexibility index (Phi) is 2.75. The fourth-order valence-corrected chi connectivity index (χ4v) is 2.74. The fraction of sp³-hybridized carbons (Fsp3) is 0.273. The van der Waals surface area contributed by atoms with Crippen LogP contribution in [0.1, 0.15) is 18.1 Å². The highest BCUT2D eigenvalue weighted by Gasteiger charge is 2.11. The quantitative estimate of drug-likeness (QED) is 0.671. The molecular weight excluding hydrogens is 219 g/mol. The number of benzene rings is 1. The van der Waals surface area contributed by atoms with Crippen molar-refractivity contribution in [1.29, 1.82) is 0 Å². The number of aryl methyl sites for hydroxylation is 1. The normalized spacial score (nSPS) is 11.1. The van der Waals surface area contributed by atoms with Gasteiger partial charge < -0.3 is 0 Å². The van der Waals surface area contributed by atoms with Crippen molar-refractivity contribution in [2.45, 2.75) is 19.2 Å². The summed E-state index contributed by atoms with van der Waals surface area (Å²) in [4.78, 5) is 0. The minimum absolute atomic E-state index is 0.131. The van der Waals surface area contributed by atoms with Gasteiger partial charge in [-0.05, 0) is 34.9 Å². The maximum absolute atomic E-state index is 13.8. The highest BCUT2D eigenvalue weighted by molar-refractivity contribution is 7.17. The number of alkyl halides is 1. The lowest BCUT2D eigenvalue weighted by Gasteiger charge is -2.06. The molecule has 0 radical (unpaired) electrons. The first-order chi connectivity index (χ1) is 6.77. The molecular formula is C11H10ClFS. The monoisotopic (exact) mass is 228 g/mol. The summed E-state index contributed by atoms with van der Waals surface area (Å²) in [5, 5.41) is 2.93. The van der Waals surface area contributed by atoms with E-state index in [9.17, 15) is 4.39 Å². The van der Waals surface area contributed by atoms with Crippen molar-refractivity contribution >= 4 is 33.0 Å². The number of fused-ring (bicyclic) bond motifs is 1. The molecule has 1 aromatic carbocycles. The summed E-state index contributed by atoms with van der Waals surface area (Å²) < 4.78 is 14.9. The number of hydrogen-bond acceptors (Lipinski definition) is 1. The van der Waals surface area contributed by atoms with Gasteiger partial charge in [0.1, 0.15) is 5.82 Å². The Labute approximate surface area is 91.3 Å². The van der Waals surface area contributed by atoms with Crippen LogP contribution in [0.25, 0.3) is 10.1 Å². The molecule has 0 spiro atoms. The zero-order valence-electron chi connectivity index (χ0n) is 7.81. The molecule has 0 atom stereocenters. The van der Waals surface area contributed by atoms with Crippen LogP contribution < -0.4 is 0 Å². The third-order valence-electron chi connectivity index (χ3n) is 2.39. The molecule has 0 bridgehead atoms. The molecule has 0 saturated heterocycles. The van der Waals surface area contributed by atoms with E-state index >= 15 is 0 Å². The zero-order valence-corrected chi connectivity index (χ0v) is 9.38. The molecule has 0 amide bonds. The van der Waals surface area contributed by atoms with Crippen LogP contribution >= 0.6 is 22.9 Å². The van der Waals surface area contributed by atoms with E-state index in [1.165, 1.54) is 0 Å². The van der Waals surface area contributed by atoms with Crippen molar-refractivity contribution in [2.75, 3.05) is 0 Å². The Morgan fingerprint density at radius 2 is 2.29 bits per heavy atom. The summed E-state index contributed by atoms with van der Waals surface area (Å²) >= 11 is 7.39. The molecule has 14 heavy (non-hydrogen) atoms. The molecule has 0 N–H and O–H groups in total. The van der Waals surface area contributed by atoms with Gasteiger partial charge in [-0.15, -0.1) is 22.9 Å². The zero-order chi connectivity index (χ0) is 10.1. The minimum atomic E-state index is -0.131. The van der Waals surface area contributed by atoms with Crippen molar-refractivity contribution in [1.82, 2.24) is 0 Å². The van der Waals surface area contributed by atoms with Crippen LogP contribution in [0.4, 0.5) is 4.39 Å². The van der Waals surface area contributed by atoms with Gasteiger partial charge in [0.05, 0.1) is 5.88 Å². The molecule has 74 valence electrons. The molecule has 1 heterocycles. The lowest BCUT2D eigenvalue weighted by atomic mass is 10.1. The molecule has 0 unspecified atom stereocenters. The molecule has 2 aromatic rings. The maximum atomic E-state index is 13.8. The van der Waals surface area contributed by atoms with Gasteiger partial charge in [-0.2, -0.15) is 0 Å². The van der Waals surface area contributed by atoms with Crippen molar-refractivity contribution in [3.63, 3.8) is 0 Å². The van der Waals surface area contributed by atoms with Crippen LogP contribution in [0.5, 0.6) is 0 Å². The van der Waals surface area contributed by atoms with Crippen LogP contribution in [-0.2, 0) is 12.3 Å². The van der Waals surface area contributed by atoms with Gasteiger partial charge in [-0.1, -0.05) is 6.92 Å². The first-order valence-electron chi connectivity index (χ1n) is 4.51. The second-order valence-corrected chi connectivity index (χ2v) is 4.36. The summed E-state index contributed by atoms with van der Waals surface area (Å²) in [6.45, 7) is 1.95. The van der Waals surface area contributed by atoms with Gasteiger partial charge in [0.25, 0.3) is 0 Å². The summed E-state index contributed by atoms with van der Waals surface area (Å²) in [7, 11) is 0. The average molecular weight is 229 g/mol. The maximum Gasteiger partial charge on any atom is 0.131 e. The highest BCUT2D eigenvalue weighted by Crippen LogP contribution is 2.30. The van der Waals surface area contributed by atoms with Gasteiger partial charge in [0, 0.05) is 10.3 Å². The van der Waals surface area contributed by atoms with Crippen LogP contribution in [0.15, 0.2) is 17.5 Å². The Morgan fingerprint density at radius 1 is 1.50 bits per heavy atom. The number of rotatable bonds is 2. The molecule has 0 aliphatic carbocycles. The van der Waals surface area contributed by atoms with E-state index in [0.29, 0.717) is 12.0 Å². The Bertz CT molecular complexity index is 462. The third kappa shape index (κ3) is 1.43. The number of hydrogen-bond donors (Lipinski definition) is 0. The lowest BCUT2D eigenvalue weighted by Crippen LogP contribution is -1.94. The largest absolute Gasteiger partial charge is 0.206 e. The molecule has 0 aliphatic heterocycles. The SMILES string of the molecule is CCc1cc2sccc2c(CCl)c1F. The second-order valence-electron chi connectivity index (χ2n) is 3.15. The minimum Gasteiger partial charge on any atom is -0.206 e. The molecule has 2 rings (SSSR count). The summed E-state index contributed by atoms with van der Waals surface area (Å²) in [6, 6.07) is 3.85. The van der Waals surface area contributed by atoms with Gasteiger partial charge in [-0.3, -0.25) is 0 Å². The van der Waals surface area contributed by atoms with Gasteiger partial charge in [0.2, 0.25) is 0 Å². The molecule has 0 nitrogen and oxygen atoms in total. The van der Waals surface area contributed by atoms with E-state index in [1.54, 1.807) is 11.3 Å². The topological polar surface area (TPSA) is 0 Å². The Hall–Kier alpha value is -0.600. The van der Waals surface area contributed by atoms with E-state index in [4.69, 9.17) is 11.6 Å². The third-order valence-corrected chi connectivity index (χ3v) is 3.52. The Morgan fingerprint density at radius 3 is 2.93 bits per heavy atom. The second kappa shape index (κ2) is 3.87. The van der Waals surface area contributed by atoms with E-state index in [1.807, 2.05) is 24.4 Å². The van der Waals surface area contributed by atoms with E-state index < -0.39 is 0 Å². The van der Waals surface area contributed by atoms with Crippen LogP contribution in [0.2, 0.25) is 0 Å². The predicted octanol–water partition coefficient (Wildman–Crippen LogP) is 4.34. The average Bonchev–Trinajstić information content (AvgIpc) is 2.64. The van der Waals surface area contributed by atoms with Gasteiger partial charge in [-0.25, -0.2) is 4.39 Å². The van der Waals surface area contributed by atoms with Gasteiger partial charge >= 0.3 is 0 Å². The lowest BCUT2D eigenvalue weighted by molar-refractivity contribution is 0.604. The molecule has 0 saturated carbocycles. The Balaban J connectivity index is 2.80. The number of halogens is 2. The number of thiophene rings is 1. The van der Waals surface area contributed by atoms with Crippen LogP contribution in [0.3, 0.4) is 0 Å².